The molecule has 18 heavy (non-hydrogen) atoms. The van der Waals surface area contributed by atoms with Gasteiger partial charge in [0.05, 0.1) is 6.10 Å². The summed E-state index contributed by atoms with van der Waals surface area (Å²) in [6.07, 6.45) is 8.58. The summed E-state index contributed by atoms with van der Waals surface area (Å²) in [5, 5.41) is 10.5. The Bertz CT molecular complexity index is 306. The number of aliphatic hydroxyl groups is 1. The minimum absolute atomic E-state index is 0.0577. The largest absolute Gasteiger partial charge is 0.392 e. The van der Waals surface area contributed by atoms with Crippen LogP contribution in [0.25, 0.3) is 0 Å². The van der Waals surface area contributed by atoms with E-state index in [1.807, 2.05) is 0 Å². The molecule has 0 aromatic carbocycles. The van der Waals surface area contributed by atoms with Crippen molar-refractivity contribution < 1.29 is 5.11 Å². The van der Waals surface area contributed by atoms with Crippen LogP contribution in [-0.4, -0.2) is 11.2 Å². The van der Waals surface area contributed by atoms with E-state index >= 15 is 0 Å². The maximum absolute atomic E-state index is 10.5. The highest BCUT2D eigenvalue weighted by atomic mass is 16.3. The molecule has 1 N–H and O–H groups in total. The summed E-state index contributed by atoms with van der Waals surface area (Å²) < 4.78 is 0. The average molecular weight is 248 g/mol. The highest BCUT2D eigenvalue weighted by Gasteiger charge is 2.39. The van der Waals surface area contributed by atoms with Crippen molar-refractivity contribution in [1.29, 1.82) is 0 Å². The van der Waals surface area contributed by atoms with Crippen LogP contribution in [0.4, 0.5) is 0 Å². The SMILES string of the molecule is CC(C)(C)C#CCC(O)C(C1CCC1)C1CCC1. The fourth-order valence-electron chi connectivity index (χ4n) is 3.22. The topological polar surface area (TPSA) is 20.2 Å². The standard InChI is InChI=1S/C17H28O/c1-17(2,3)12-6-11-15(18)16(13-7-4-8-13)14-9-5-10-14/h13-16,18H,4-5,7-11H2,1-3H3. The van der Waals surface area contributed by atoms with Crippen molar-refractivity contribution in [2.75, 3.05) is 0 Å². The van der Waals surface area contributed by atoms with Gasteiger partial charge in [-0.1, -0.05) is 44.4 Å². The number of hydrogen-bond acceptors (Lipinski definition) is 1. The molecule has 1 atom stereocenters. The highest BCUT2D eigenvalue weighted by Crippen LogP contribution is 2.46. The van der Waals surface area contributed by atoms with E-state index in [0.29, 0.717) is 12.3 Å². The maximum Gasteiger partial charge on any atom is 0.0682 e. The third kappa shape index (κ3) is 3.51. The molecule has 0 bridgehead atoms. The first-order chi connectivity index (χ1) is 8.47. The van der Waals surface area contributed by atoms with E-state index in [1.54, 1.807) is 0 Å². The summed E-state index contributed by atoms with van der Waals surface area (Å²) in [4.78, 5) is 0. The lowest BCUT2D eigenvalue weighted by Gasteiger charge is -2.44. The first-order valence-electron chi connectivity index (χ1n) is 7.65. The molecule has 0 aliphatic heterocycles. The van der Waals surface area contributed by atoms with Gasteiger partial charge in [-0.05, 0) is 38.5 Å². The molecule has 0 amide bonds. The molecule has 2 aliphatic carbocycles. The molecule has 2 rings (SSSR count). The second-order valence-electron chi connectivity index (χ2n) is 7.28. The summed E-state index contributed by atoms with van der Waals surface area (Å²) >= 11 is 0. The minimum Gasteiger partial charge on any atom is -0.392 e. The molecule has 2 fully saturated rings. The van der Waals surface area contributed by atoms with Crippen molar-refractivity contribution in [3.8, 4) is 11.8 Å². The van der Waals surface area contributed by atoms with Gasteiger partial charge in [-0.15, -0.1) is 5.92 Å². The summed E-state index contributed by atoms with van der Waals surface area (Å²) in [6, 6.07) is 0. The van der Waals surface area contributed by atoms with E-state index in [0.717, 1.165) is 11.8 Å². The lowest BCUT2D eigenvalue weighted by molar-refractivity contribution is -0.0147. The maximum atomic E-state index is 10.5. The molecule has 1 unspecified atom stereocenters. The predicted molar refractivity (Wildman–Crippen MR) is 76.0 cm³/mol. The third-order valence-electron chi connectivity index (χ3n) is 4.61. The molecule has 2 aliphatic rings. The first-order valence-corrected chi connectivity index (χ1v) is 7.65. The van der Waals surface area contributed by atoms with Gasteiger partial charge in [0, 0.05) is 11.8 Å². The van der Waals surface area contributed by atoms with Gasteiger partial charge in [0.1, 0.15) is 0 Å². The van der Waals surface area contributed by atoms with Gasteiger partial charge in [-0.2, -0.15) is 0 Å². The zero-order valence-electron chi connectivity index (χ0n) is 12.2. The van der Waals surface area contributed by atoms with Crippen molar-refractivity contribution in [2.24, 2.45) is 23.2 Å². The molecule has 1 nitrogen and oxygen atoms in total. The van der Waals surface area contributed by atoms with Crippen molar-refractivity contribution in [3.05, 3.63) is 0 Å². The van der Waals surface area contributed by atoms with Crippen molar-refractivity contribution in [1.82, 2.24) is 0 Å². The van der Waals surface area contributed by atoms with Gasteiger partial charge in [-0.25, -0.2) is 0 Å². The number of hydrogen-bond donors (Lipinski definition) is 1. The van der Waals surface area contributed by atoms with Crippen molar-refractivity contribution >= 4 is 0 Å². The molecule has 2 saturated carbocycles. The molecule has 0 aromatic heterocycles. The normalized spacial score (nSPS) is 22.9. The molecule has 0 radical (unpaired) electrons. The van der Waals surface area contributed by atoms with Gasteiger partial charge < -0.3 is 5.11 Å². The monoisotopic (exact) mass is 248 g/mol. The Morgan fingerprint density at radius 1 is 1.06 bits per heavy atom. The summed E-state index contributed by atoms with van der Waals surface area (Å²) in [7, 11) is 0. The first kappa shape index (κ1) is 13.9. The van der Waals surface area contributed by atoms with Gasteiger partial charge in [0.25, 0.3) is 0 Å². The second kappa shape index (κ2) is 5.66. The van der Waals surface area contributed by atoms with Gasteiger partial charge in [0.15, 0.2) is 0 Å². The molecule has 102 valence electrons. The molecule has 0 saturated heterocycles. The van der Waals surface area contributed by atoms with Gasteiger partial charge in [0.2, 0.25) is 0 Å². The third-order valence-corrected chi connectivity index (χ3v) is 4.61. The molecule has 0 spiro atoms. The van der Waals surface area contributed by atoms with Crippen LogP contribution in [0.2, 0.25) is 0 Å². The van der Waals surface area contributed by atoms with Gasteiger partial charge in [-0.3, -0.25) is 0 Å². The summed E-state index contributed by atoms with van der Waals surface area (Å²) in [5.74, 6) is 8.59. The van der Waals surface area contributed by atoms with E-state index < -0.39 is 0 Å². The Morgan fingerprint density at radius 2 is 1.56 bits per heavy atom. The predicted octanol–water partition coefficient (Wildman–Crippen LogP) is 4.00. The zero-order valence-corrected chi connectivity index (χ0v) is 12.2. The molecule has 1 heteroatoms. The minimum atomic E-state index is -0.185. The van der Waals surface area contributed by atoms with Crippen LogP contribution < -0.4 is 0 Å². The summed E-state index contributed by atoms with van der Waals surface area (Å²) in [5.41, 5.74) is 0.0577. The van der Waals surface area contributed by atoms with Crippen LogP contribution in [0.5, 0.6) is 0 Å². The van der Waals surface area contributed by atoms with Gasteiger partial charge >= 0.3 is 0 Å². The van der Waals surface area contributed by atoms with Crippen molar-refractivity contribution in [3.63, 3.8) is 0 Å². The fraction of sp³-hybridized carbons (Fsp3) is 0.882. The lowest BCUT2D eigenvalue weighted by atomic mass is 9.62. The van der Waals surface area contributed by atoms with E-state index in [9.17, 15) is 5.11 Å². The smallest absolute Gasteiger partial charge is 0.0682 e. The average Bonchev–Trinajstić information content (AvgIpc) is 2.08. The molecular weight excluding hydrogens is 220 g/mol. The van der Waals surface area contributed by atoms with Crippen molar-refractivity contribution in [2.45, 2.75) is 71.8 Å². The van der Waals surface area contributed by atoms with Crippen LogP contribution in [0.1, 0.15) is 65.7 Å². The van der Waals surface area contributed by atoms with Crippen LogP contribution in [0.15, 0.2) is 0 Å². The Morgan fingerprint density at radius 3 is 1.89 bits per heavy atom. The fourth-order valence-corrected chi connectivity index (χ4v) is 3.22. The van der Waals surface area contributed by atoms with E-state index in [2.05, 4.69) is 32.6 Å². The van der Waals surface area contributed by atoms with E-state index in [4.69, 9.17) is 0 Å². The number of aliphatic hydroxyl groups excluding tert-OH is 1. The molecule has 0 aromatic rings. The number of rotatable bonds is 4. The second-order valence-corrected chi connectivity index (χ2v) is 7.28. The Kier molecular flexibility index (Phi) is 4.38. The quantitative estimate of drug-likeness (QED) is 0.745. The Hall–Kier alpha value is -0.480. The highest BCUT2D eigenvalue weighted by molar-refractivity contribution is 5.09. The van der Waals surface area contributed by atoms with Crippen LogP contribution in [0, 0.1) is 35.0 Å². The van der Waals surface area contributed by atoms with E-state index in [-0.39, 0.29) is 11.5 Å². The zero-order chi connectivity index (χ0) is 13.2. The summed E-state index contributed by atoms with van der Waals surface area (Å²) in [6.45, 7) is 6.38. The van der Waals surface area contributed by atoms with E-state index in [1.165, 1.54) is 38.5 Å². The van der Waals surface area contributed by atoms with Crippen LogP contribution >= 0.6 is 0 Å². The molecular formula is C17H28O. The molecule has 0 heterocycles. The Labute approximate surface area is 112 Å². The van der Waals surface area contributed by atoms with Crippen LogP contribution in [0.3, 0.4) is 0 Å². The lowest BCUT2D eigenvalue weighted by Crippen LogP contribution is -2.40. The van der Waals surface area contributed by atoms with Crippen LogP contribution in [-0.2, 0) is 0 Å². The Balaban J connectivity index is 1.90.